The predicted molar refractivity (Wildman–Crippen MR) is 59.1 cm³/mol. The van der Waals surface area contributed by atoms with Crippen LogP contribution < -0.4 is 4.74 Å². The lowest BCUT2D eigenvalue weighted by molar-refractivity contribution is -0.198. The number of rotatable bonds is 5. The van der Waals surface area contributed by atoms with Crippen molar-refractivity contribution >= 4 is 5.97 Å². The molecular weight excluding hydrogens is 208 g/mol. The van der Waals surface area contributed by atoms with E-state index in [-0.39, 0.29) is 12.3 Å². The average Bonchev–Trinajstić information content (AvgIpc) is 2.17. The van der Waals surface area contributed by atoms with Crippen molar-refractivity contribution in [2.24, 2.45) is 5.92 Å². The number of ether oxygens (including phenoxy) is 1. The van der Waals surface area contributed by atoms with Gasteiger partial charge in [-0.2, -0.15) is 0 Å². The number of benzene rings is 1. The molecule has 0 heterocycles. The van der Waals surface area contributed by atoms with E-state index in [4.69, 9.17) is 9.84 Å². The molecule has 0 amide bonds. The zero-order valence-corrected chi connectivity index (χ0v) is 9.38. The minimum atomic E-state index is -2.16. The molecule has 2 N–H and O–H groups in total. The van der Waals surface area contributed by atoms with Crippen LogP contribution in [-0.4, -0.2) is 22.0 Å². The van der Waals surface area contributed by atoms with Gasteiger partial charge in [0.2, 0.25) is 0 Å². The monoisotopic (exact) mass is 224 g/mol. The summed E-state index contributed by atoms with van der Waals surface area (Å²) in [4.78, 5) is 11.0. The lowest BCUT2D eigenvalue weighted by atomic mass is 10.0. The Morgan fingerprint density at radius 2 is 1.94 bits per heavy atom. The molecule has 1 aromatic carbocycles. The van der Waals surface area contributed by atoms with E-state index in [0.717, 1.165) is 0 Å². The first kappa shape index (κ1) is 12.5. The second-order valence-electron chi connectivity index (χ2n) is 4.10. The number of carboxylic acids is 1. The van der Waals surface area contributed by atoms with Gasteiger partial charge < -0.3 is 14.9 Å². The third-order valence-electron chi connectivity index (χ3n) is 2.05. The second-order valence-corrected chi connectivity index (χ2v) is 4.10. The largest absolute Gasteiger partial charge is 0.476 e. The Hall–Kier alpha value is -1.55. The molecule has 0 saturated heterocycles. The summed E-state index contributed by atoms with van der Waals surface area (Å²) in [6, 6.07) is 8.43. The fourth-order valence-corrected chi connectivity index (χ4v) is 1.41. The maximum absolute atomic E-state index is 11.0. The molecule has 0 spiro atoms. The molecule has 0 aliphatic rings. The van der Waals surface area contributed by atoms with Gasteiger partial charge in [-0.1, -0.05) is 32.0 Å². The molecule has 0 aliphatic heterocycles. The zero-order valence-electron chi connectivity index (χ0n) is 9.38. The molecule has 1 aromatic rings. The van der Waals surface area contributed by atoms with Gasteiger partial charge in [0.1, 0.15) is 5.75 Å². The first-order valence-electron chi connectivity index (χ1n) is 5.14. The van der Waals surface area contributed by atoms with Crippen LogP contribution in [0.15, 0.2) is 30.3 Å². The highest BCUT2D eigenvalue weighted by molar-refractivity contribution is 5.75. The van der Waals surface area contributed by atoms with Crippen LogP contribution in [0.5, 0.6) is 5.75 Å². The van der Waals surface area contributed by atoms with E-state index in [1.54, 1.807) is 30.3 Å². The minimum Gasteiger partial charge on any atom is -0.476 e. The van der Waals surface area contributed by atoms with Gasteiger partial charge in [-0.25, -0.2) is 4.79 Å². The van der Waals surface area contributed by atoms with Crippen LogP contribution in [0, 0.1) is 5.92 Å². The summed E-state index contributed by atoms with van der Waals surface area (Å²) in [6.45, 7) is 3.64. The Morgan fingerprint density at radius 1 is 1.38 bits per heavy atom. The summed E-state index contributed by atoms with van der Waals surface area (Å²) in [5.74, 6) is -3.17. The molecule has 1 atom stereocenters. The Bertz CT molecular complexity index is 347. The van der Waals surface area contributed by atoms with E-state index in [0.29, 0.717) is 5.75 Å². The number of hydrogen-bond donors (Lipinski definition) is 2. The molecule has 0 bridgehead atoms. The third kappa shape index (κ3) is 3.24. The van der Waals surface area contributed by atoms with E-state index in [1.807, 2.05) is 13.8 Å². The molecule has 0 fully saturated rings. The molecule has 0 saturated carbocycles. The molecule has 0 radical (unpaired) electrons. The van der Waals surface area contributed by atoms with Crippen molar-refractivity contribution in [1.82, 2.24) is 0 Å². The smallest absolute Gasteiger partial charge is 0.377 e. The second kappa shape index (κ2) is 4.99. The van der Waals surface area contributed by atoms with Crippen molar-refractivity contribution in [3.05, 3.63) is 30.3 Å². The van der Waals surface area contributed by atoms with E-state index in [2.05, 4.69) is 0 Å². The Morgan fingerprint density at radius 3 is 2.38 bits per heavy atom. The fourth-order valence-electron chi connectivity index (χ4n) is 1.41. The minimum absolute atomic E-state index is 0.0183. The van der Waals surface area contributed by atoms with Gasteiger partial charge in [0.25, 0.3) is 0 Å². The Labute approximate surface area is 94.5 Å². The van der Waals surface area contributed by atoms with Crippen LogP contribution in [0.4, 0.5) is 0 Å². The summed E-state index contributed by atoms with van der Waals surface area (Å²) in [5.41, 5.74) is 0. The zero-order chi connectivity index (χ0) is 12.2. The van der Waals surface area contributed by atoms with E-state index in [1.165, 1.54) is 0 Å². The average molecular weight is 224 g/mol. The number of aliphatic carboxylic acids is 1. The van der Waals surface area contributed by atoms with Crippen molar-refractivity contribution in [3.63, 3.8) is 0 Å². The van der Waals surface area contributed by atoms with Crippen molar-refractivity contribution in [2.75, 3.05) is 0 Å². The summed E-state index contributed by atoms with van der Waals surface area (Å²) in [7, 11) is 0. The normalized spacial score (nSPS) is 14.5. The Balaban J connectivity index is 2.83. The SMILES string of the molecule is CC(C)CC(O)(Oc1ccccc1)C(=O)O. The van der Waals surface area contributed by atoms with Crippen LogP contribution in [0.25, 0.3) is 0 Å². The molecule has 1 rings (SSSR count). The van der Waals surface area contributed by atoms with Gasteiger partial charge in [0.05, 0.1) is 0 Å². The van der Waals surface area contributed by atoms with Gasteiger partial charge >= 0.3 is 11.8 Å². The summed E-state index contributed by atoms with van der Waals surface area (Å²) < 4.78 is 5.13. The number of hydrogen-bond acceptors (Lipinski definition) is 3. The third-order valence-corrected chi connectivity index (χ3v) is 2.05. The van der Waals surface area contributed by atoms with E-state index < -0.39 is 11.8 Å². The number of carboxylic acid groups (broad SMARTS) is 1. The maximum Gasteiger partial charge on any atom is 0.377 e. The predicted octanol–water partition coefficient (Wildman–Crippen LogP) is 1.88. The summed E-state index contributed by atoms with van der Waals surface area (Å²) in [5, 5.41) is 18.9. The number of para-hydroxylation sites is 1. The van der Waals surface area contributed by atoms with Crippen molar-refractivity contribution in [1.29, 1.82) is 0 Å². The highest BCUT2D eigenvalue weighted by Gasteiger charge is 2.39. The van der Waals surface area contributed by atoms with E-state index >= 15 is 0 Å². The van der Waals surface area contributed by atoms with Crippen LogP contribution in [0.1, 0.15) is 20.3 Å². The van der Waals surface area contributed by atoms with Gasteiger partial charge in [-0.05, 0) is 18.1 Å². The first-order valence-corrected chi connectivity index (χ1v) is 5.14. The molecule has 88 valence electrons. The van der Waals surface area contributed by atoms with Crippen LogP contribution >= 0.6 is 0 Å². The molecule has 4 heteroatoms. The van der Waals surface area contributed by atoms with Crippen molar-refractivity contribution < 1.29 is 19.7 Å². The molecule has 1 unspecified atom stereocenters. The van der Waals surface area contributed by atoms with Gasteiger partial charge in [0.15, 0.2) is 0 Å². The topological polar surface area (TPSA) is 66.8 Å². The lowest BCUT2D eigenvalue weighted by Crippen LogP contribution is -2.45. The quantitative estimate of drug-likeness (QED) is 0.749. The Kier molecular flexibility index (Phi) is 3.90. The van der Waals surface area contributed by atoms with Crippen molar-refractivity contribution in [2.45, 2.75) is 26.1 Å². The van der Waals surface area contributed by atoms with Gasteiger partial charge in [-0.3, -0.25) is 0 Å². The lowest BCUT2D eigenvalue weighted by Gasteiger charge is -2.26. The van der Waals surface area contributed by atoms with Gasteiger partial charge in [0, 0.05) is 6.42 Å². The molecular formula is C12H16O4. The summed E-state index contributed by atoms with van der Waals surface area (Å²) in [6.07, 6.45) is 0.0389. The highest BCUT2D eigenvalue weighted by Crippen LogP contribution is 2.22. The molecule has 4 nitrogen and oxygen atoms in total. The summed E-state index contributed by atoms with van der Waals surface area (Å²) >= 11 is 0. The number of aliphatic hydroxyl groups is 1. The van der Waals surface area contributed by atoms with Crippen LogP contribution in [-0.2, 0) is 4.79 Å². The van der Waals surface area contributed by atoms with Crippen LogP contribution in [0.3, 0.4) is 0 Å². The maximum atomic E-state index is 11.0. The fraction of sp³-hybridized carbons (Fsp3) is 0.417. The van der Waals surface area contributed by atoms with Crippen LogP contribution in [0.2, 0.25) is 0 Å². The molecule has 16 heavy (non-hydrogen) atoms. The molecule has 0 aliphatic carbocycles. The standard InChI is InChI=1S/C12H16O4/c1-9(2)8-12(15,11(13)14)16-10-6-4-3-5-7-10/h3-7,9,15H,8H2,1-2H3,(H,13,14). The van der Waals surface area contributed by atoms with E-state index in [9.17, 15) is 9.90 Å². The van der Waals surface area contributed by atoms with Crippen molar-refractivity contribution in [3.8, 4) is 5.75 Å². The molecule has 0 aromatic heterocycles. The number of carbonyl (C=O) groups is 1. The highest BCUT2D eigenvalue weighted by atomic mass is 16.6. The first-order chi connectivity index (χ1) is 7.44. The van der Waals surface area contributed by atoms with Gasteiger partial charge in [-0.15, -0.1) is 0 Å².